The summed E-state index contributed by atoms with van der Waals surface area (Å²) in [7, 11) is -3.66. The first-order valence-corrected chi connectivity index (χ1v) is 8.27. The fraction of sp³-hybridized carbons (Fsp3) is 0.615. The van der Waals surface area contributed by atoms with Crippen molar-refractivity contribution in [1.29, 1.82) is 0 Å². The van der Waals surface area contributed by atoms with Crippen LogP contribution in [0.1, 0.15) is 30.3 Å². The van der Waals surface area contributed by atoms with Gasteiger partial charge in [-0.25, -0.2) is 8.42 Å². The first-order valence-electron chi connectivity index (χ1n) is 6.83. The molecule has 0 saturated carbocycles. The van der Waals surface area contributed by atoms with Gasteiger partial charge in [-0.1, -0.05) is 0 Å². The quantitative estimate of drug-likeness (QED) is 0.777. The van der Waals surface area contributed by atoms with E-state index in [1.165, 1.54) is 16.4 Å². The van der Waals surface area contributed by atoms with Gasteiger partial charge in [-0.15, -0.1) is 0 Å². The lowest BCUT2D eigenvalue weighted by Gasteiger charge is -2.40. The smallest absolute Gasteiger partial charge is 0.276 e. The number of nitrogens with zero attached hydrogens (tertiary/aromatic N) is 2. The van der Waals surface area contributed by atoms with E-state index >= 15 is 0 Å². The van der Waals surface area contributed by atoms with Crippen LogP contribution in [0.3, 0.4) is 0 Å². The van der Waals surface area contributed by atoms with E-state index in [4.69, 9.17) is 4.42 Å². The number of rotatable bonds is 3. The Labute approximate surface area is 118 Å². The highest BCUT2D eigenvalue weighted by Crippen LogP contribution is 2.29. The summed E-state index contributed by atoms with van der Waals surface area (Å²) in [4.78, 5) is 13.0. The third-order valence-corrected chi connectivity index (χ3v) is 6.02. The Morgan fingerprint density at radius 1 is 1.35 bits per heavy atom. The van der Waals surface area contributed by atoms with Crippen LogP contribution in [0.15, 0.2) is 21.6 Å². The fourth-order valence-corrected chi connectivity index (χ4v) is 4.73. The monoisotopic (exact) mass is 298 g/mol. The number of carbonyl (C=O) groups excluding carboxylic acids is 1. The lowest BCUT2D eigenvalue weighted by molar-refractivity contribution is 0.109. The molecule has 0 amide bonds. The van der Waals surface area contributed by atoms with E-state index in [0.29, 0.717) is 18.9 Å². The van der Waals surface area contributed by atoms with E-state index in [1.807, 2.05) is 6.92 Å². The first-order chi connectivity index (χ1) is 9.52. The average Bonchev–Trinajstić information content (AvgIpc) is 3.05. The second-order valence-electron chi connectivity index (χ2n) is 5.49. The Morgan fingerprint density at radius 2 is 2.15 bits per heavy atom. The molecule has 6 nitrogen and oxygen atoms in total. The van der Waals surface area contributed by atoms with Gasteiger partial charge >= 0.3 is 0 Å². The summed E-state index contributed by atoms with van der Waals surface area (Å²) >= 11 is 0. The van der Waals surface area contributed by atoms with E-state index in [2.05, 4.69) is 4.90 Å². The van der Waals surface area contributed by atoms with Crippen LogP contribution in [0.25, 0.3) is 0 Å². The molecule has 2 saturated heterocycles. The Morgan fingerprint density at radius 3 is 2.85 bits per heavy atom. The average molecular weight is 298 g/mol. The molecule has 0 spiro atoms. The molecule has 20 heavy (non-hydrogen) atoms. The molecule has 0 N–H and O–H groups in total. The van der Waals surface area contributed by atoms with Crippen LogP contribution in [0.5, 0.6) is 0 Å². The van der Waals surface area contributed by atoms with Crippen LogP contribution < -0.4 is 0 Å². The van der Waals surface area contributed by atoms with Crippen molar-refractivity contribution in [2.75, 3.05) is 19.6 Å². The number of furan rings is 1. The molecule has 3 heterocycles. The lowest BCUT2D eigenvalue weighted by atomic mass is 10.1. The number of sulfonamides is 1. The number of fused-ring (bicyclic) bond motifs is 1. The number of carbonyl (C=O) groups is 1. The molecule has 3 rings (SSSR count). The first kappa shape index (κ1) is 13.8. The summed E-state index contributed by atoms with van der Waals surface area (Å²) in [5.41, 5.74) is 0. The van der Waals surface area contributed by atoms with Crippen molar-refractivity contribution in [3.05, 3.63) is 17.9 Å². The van der Waals surface area contributed by atoms with Gasteiger partial charge in [0.05, 0.1) is 0 Å². The number of piperazine rings is 1. The van der Waals surface area contributed by atoms with Crippen molar-refractivity contribution in [3.63, 3.8) is 0 Å². The molecule has 1 aromatic rings. The molecule has 2 aliphatic heterocycles. The van der Waals surface area contributed by atoms with Crippen molar-refractivity contribution in [1.82, 2.24) is 9.21 Å². The number of hydrogen-bond acceptors (Lipinski definition) is 5. The van der Waals surface area contributed by atoms with E-state index in [1.54, 1.807) is 0 Å². The van der Waals surface area contributed by atoms with Crippen LogP contribution in [-0.2, 0) is 10.0 Å². The van der Waals surface area contributed by atoms with Crippen molar-refractivity contribution in [2.45, 2.75) is 36.9 Å². The molecular weight excluding hydrogens is 280 g/mol. The molecule has 1 aromatic heterocycles. The largest absolute Gasteiger partial charge is 0.440 e. The maximum atomic E-state index is 12.6. The van der Waals surface area contributed by atoms with E-state index in [0.717, 1.165) is 25.9 Å². The third kappa shape index (κ3) is 2.19. The van der Waals surface area contributed by atoms with Gasteiger partial charge in [0, 0.05) is 25.2 Å². The van der Waals surface area contributed by atoms with Gasteiger partial charge < -0.3 is 4.42 Å². The Kier molecular flexibility index (Phi) is 3.43. The highest BCUT2D eigenvalue weighted by atomic mass is 32.2. The van der Waals surface area contributed by atoms with Crippen molar-refractivity contribution in [3.8, 4) is 0 Å². The highest BCUT2D eigenvalue weighted by molar-refractivity contribution is 7.89. The molecule has 0 radical (unpaired) electrons. The molecule has 110 valence electrons. The lowest BCUT2D eigenvalue weighted by Crippen LogP contribution is -2.56. The maximum Gasteiger partial charge on any atom is 0.276 e. The minimum Gasteiger partial charge on any atom is -0.440 e. The summed E-state index contributed by atoms with van der Waals surface area (Å²) in [6, 6.07) is 2.96. The van der Waals surface area contributed by atoms with Crippen LogP contribution in [0.2, 0.25) is 0 Å². The normalized spacial score (nSPS) is 28.4. The van der Waals surface area contributed by atoms with Crippen LogP contribution in [0, 0.1) is 0 Å². The van der Waals surface area contributed by atoms with E-state index in [-0.39, 0.29) is 16.9 Å². The molecule has 7 heteroatoms. The predicted octanol–water partition coefficient (Wildman–Crippen LogP) is 0.949. The topological polar surface area (TPSA) is 70.8 Å². The minimum absolute atomic E-state index is 0.0377. The van der Waals surface area contributed by atoms with E-state index < -0.39 is 10.0 Å². The minimum atomic E-state index is -3.66. The van der Waals surface area contributed by atoms with Crippen LogP contribution in [-0.4, -0.2) is 55.6 Å². The zero-order valence-corrected chi connectivity index (χ0v) is 12.2. The Hall–Kier alpha value is -1.18. The van der Waals surface area contributed by atoms with Crippen LogP contribution in [0.4, 0.5) is 0 Å². The molecule has 2 atom stereocenters. The summed E-state index contributed by atoms with van der Waals surface area (Å²) in [6.07, 6.45) is 2.68. The Bertz CT molecular complexity index is 610. The number of aldehydes is 1. The van der Waals surface area contributed by atoms with Gasteiger partial charge in [0.2, 0.25) is 5.09 Å². The second-order valence-corrected chi connectivity index (χ2v) is 7.31. The molecule has 0 aromatic carbocycles. The molecular formula is C13H18N2O4S. The molecule has 2 aliphatic rings. The maximum absolute atomic E-state index is 12.6. The van der Waals surface area contributed by atoms with Crippen LogP contribution >= 0.6 is 0 Å². The zero-order valence-electron chi connectivity index (χ0n) is 11.4. The van der Waals surface area contributed by atoms with Gasteiger partial charge in [0.1, 0.15) is 0 Å². The van der Waals surface area contributed by atoms with Gasteiger partial charge in [0.25, 0.3) is 10.0 Å². The van der Waals surface area contributed by atoms with Crippen molar-refractivity contribution >= 4 is 16.3 Å². The predicted molar refractivity (Wildman–Crippen MR) is 72.0 cm³/mol. The molecule has 2 unspecified atom stereocenters. The summed E-state index contributed by atoms with van der Waals surface area (Å²) in [5.74, 6) is 0.0377. The molecule has 0 aliphatic carbocycles. The van der Waals surface area contributed by atoms with Gasteiger partial charge in [0.15, 0.2) is 12.0 Å². The second kappa shape index (κ2) is 4.98. The van der Waals surface area contributed by atoms with E-state index in [9.17, 15) is 13.2 Å². The summed E-state index contributed by atoms with van der Waals surface area (Å²) in [5, 5.41) is -0.141. The molecule has 0 bridgehead atoms. The highest BCUT2D eigenvalue weighted by Gasteiger charge is 2.41. The van der Waals surface area contributed by atoms with Gasteiger partial charge in [-0.2, -0.15) is 4.31 Å². The summed E-state index contributed by atoms with van der Waals surface area (Å²) < 4.78 is 31.8. The molecule has 2 fully saturated rings. The zero-order chi connectivity index (χ0) is 14.3. The van der Waals surface area contributed by atoms with Crippen molar-refractivity contribution < 1.29 is 17.6 Å². The standard InChI is InChI=1S/C13H18N2O4S/c1-10-7-14-6-2-3-11(14)8-15(10)20(17,18)13-5-4-12(9-16)19-13/h4-5,9-11H,2-3,6-8H2,1H3. The number of hydrogen-bond donors (Lipinski definition) is 0. The van der Waals surface area contributed by atoms with Crippen molar-refractivity contribution in [2.24, 2.45) is 0 Å². The summed E-state index contributed by atoms with van der Waals surface area (Å²) in [6.45, 7) is 4.22. The fourth-order valence-electron chi connectivity index (χ4n) is 3.15. The van der Waals surface area contributed by atoms with Gasteiger partial charge in [-0.3, -0.25) is 9.69 Å². The van der Waals surface area contributed by atoms with Gasteiger partial charge in [-0.05, 0) is 38.4 Å². The third-order valence-electron chi connectivity index (χ3n) is 4.16. The SMILES string of the molecule is CC1CN2CCCC2CN1S(=O)(=O)c1ccc(C=O)o1. The Balaban J connectivity index is 1.88.